The minimum absolute atomic E-state index is 0.201. The van der Waals surface area contributed by atoms with E-state index in [0.717, 1.165) is 49.7 Å². The van der Waals surface area contributed by atoms with Gasteiger partial charge in [-0.2, -0.15) is 12.7 Å². The van der Waals surface area contributed by atoms with Gasteiger partial charge in [-0.25, -0.2) is 9.52 Å². The Balaban J connectivity index is 0.00000133. The molecule has 8 heteroatoms. The molecule has 1 aromatic carbocycles. The lowest BCUT2D eigenvalue weighted by Gasteiger charge is -2.24. The molecule has 0 atom stereocenters. The molecule has 0 aromatic heterocycles. The summed E-state index contributed by atoms with van der Waals surface area (Å²) in [4.78, 5) is 13.0. The zero-order chi connectivity index (χ0) is 39.6. The zero-order valence-corrected chi connectivity index (χ0v) is 37.1. The van der Waals surface area contributed by atoms with E-state index in [1.54, 1.807) is 0 Å². The van der Waals surface area contributed by atoms with Crippen LogP contribution in [0.5, 0.6) is 0 Å². The van der Waals surface area contributed by atoms with Gasteiger partial charge < -0.3 is 10.6 Å². The number of unbranched alkanes of at least 4 members (excludes halogenated alkanes) is 20. The van der Waals surface area contributed by atoms with E-state index in [1.165, 1.54) is 133 Å². The minimum atomic E-state index is -3.93. The molecule has 0 saturated carbocycles. The van der Waals surface area contributed by atoms with Crippen molar-refractivity contribution in [2.45, 2.75) is 221 Å². The fraction of sp³-hybridized carbons (Fsp3) is 0.844. The lowest BCUT2D eigenvalue weighted by Crippen LogP contribution is -2.46. The molecule has 53 heavy (non-hydrogen) atoms. The molecular formula is C45H88N4O3S. The Hall–Kier alpha value is -1.64. The Kier molecular flexibility index (Phi) is 33.7. The molecule has 3 N–H and O–H groups in total. The summed E-state index contributed by atoms with van der Waals surface area (Å²) < 4.78 is 30.3. The van der Waals surface area contributed by atoms with Crippen LogP contribution in [0.1, 0.15) is 232 Å². The van der Waals surface area contributed by atoms with Gasteiger partial charge >= 0.3 is 16.2 Å². The third-order valence-corrected chi connectivity index (χ3v) is 11.6. The third kappa shape index (κ3) is 27.6. The summed E-state index contributed by atoms with van der Waals surface area (Å²) in [6, 6.07) is 5.28. The van der Waals surface area contributed by atoms with Crippen molar-refractivity contribution >= 4 is 21.9 Å². The fourth-order valence-corrected chi connectivity index (χ4v) is 7.84. The van der Waals surface area contributed by atoms with E-state index in [1.807, 2.05) is 18.2 Å². The SMILES string of the molecule is CCCCCCCCN(CCCCCCCC)S(=O)(=O)NC(=O)Nc1c(C(C)C)cccc1C(C)C.CCCCCCCCNCCCCCCCC. The number of carbonyl (C=O) groups is 1. The van der Waals surface area contributed by atoms with Crippen molar-refractivity contribution in [1.29, 1.82) is 0 Å². The van der Waals surface area contributed by atoms with Crippen molar-refractivity contribution < 1.29 is 13.2 Å². The molecule has 7 nitrogen and oxygen atoms in total. The van der Waals surface area contributed by atoms with Gasteiger partial charge in [0.1, 0.15) is 0 Å². The van der Waals surface area contributed by atoms with E-state index in [4.69, 9.17) is 0 Å². The molecule has 1 aromatic rings. The molecule has 0 aliphatic heterocycles. The lowest BCUT2D eigenvalue weighted by molar-refractivity contribution is 0.255. The molecule has 0 aliphatic rings. The fourth-order valence-electron chi connectivity index (χ4n) is 6.69. The van der Waals surface area contributed by atoms with Gasteiger partial charge in [-0.1, -0.05) is 202 Å². The Labute approximate surface area is 330 Å². The first-order valence-corrected chi connectivity index (χ1v) is 23.9. The molecule has 1 rings (SSSR count). The molecule has 0 bridgehead atoms. The number of hydrogen-bond donors (Lipinski definition) is 3. The molecule has 312 valence electrons. The number of benzene rings is 1. The van der Waals surface area contributed by atoms with Gasteiger partial charge in [0.2, 0.25) is 0 Å². The van der Waals surface area contributed by atoms with Crippen LogP contribution in [0, 0.1) is 0 Å². The van der Waals surface area contributed by atoms with Crippen LogP contribution in [0.4, 0.5) is 10.5 Å². The summed E-state index contributed by atoms with van der Waals surface area (Å²) in [5.41, 5.74) is 2.73. The van der Waals surface area contributed by atoms with E-state index in [-0.39, 0.29) is 11.8 Å². The maximum Gasteiger partial charge on any atom is 0.333 e. The second kappa shape index (κ2) is 34.8. The van der Waals surface area contributed by atoms with Crippen molar-refractivity contribution in [2.24, 2.45) is 0 Å². The van der Waals surface area contributed by atoms with E-state index in [9.17, 15) is 13.2 Å². The highest BCUT2D eigenvalue weighted by Gasteiger charge is 2.25. The molecule has 0 heterocycles. The highest BCUT2D eigenvalue weighted by molar-refractivity contribution is 7.87. The standard InChI is InChI=1S/C29H53N3O3S.C16H35N/c1-7-9-11-13-15-17-22-32(23-18-16-14-12-10-8-2)36(34,35)31-29(33)30-28-26(24(3)4)20-19-21-27(28)25(5)6;1-3-5-7-9-11-13-15-17-16-14-12-10-8-6-4-2/h19-21,24-25H,7-18,22-23H2,1-6H3,(H2,30,31,33);17H,3-16H2,1-2H3. The van der Waals surface area contributed by atoms with Crippen molar-refractivity contribution in [2.75, 3.05) is 31.5 Å². The molecule has 0 spiro atoms. The number of amides is 2. The molecule has 0 fully saturated rings. The molecular weight excluding hydrogens is 677 g/mol. The van der Waals surface area contributed by atoms with Crippen LogP contribution in [0.15, 0.2) is 18.2 Å². The number of urea groups is 1. The lowest BCUT2D eigenvalue weighted by atomic mass is 9.93. The van der Waals surface area contributed by atoms with Crippen LogP contribution >= 0.6 is 0 Å². The van der Waals surface area contributed by atoms with Gasteiger partial charge in [0.25, 0.3) is 0 Å². The first-order valence-electron chi connectivity index (χ1n) is 22.5. The molecule has 0 saturated heterocycles. The number of hydrogen-bond acceptors (Lipinski definition) is 4. The average molecular weight is 765 g/mol. The molecule has 0 aliphatic carbocycles. The summed E-state index contributed by atoms with van der Waals surface area (Å²) >= 11 is 0. The minimum Gasteiger partial charge on any atom is -0.317 e. The number of carbonyl (C=O) groups excluding carboxylic acids is 1. The maximum absolute atomic E-state index is 13.3. The second-order valence-corrected chi connectivity index (χ2v) is 17.6. The van der Waals surface area contributed by atoms with Gasteiger partial charge in [0, 0.05) is 18.8 Å². The van der Waals surface area contributed by atoms with Crippen LogP contribution in [0.3, 0.4) is 0 Å². The summed E-state index contributed by atoms with van der Waals surface area (Å²) in [7, 11) is -3.93. The van der Waals surface area contributed by atoms with E-state index in [2.05, 4.69) is 70.7 Å². The topological polar surface area (TPSA) is 90.5 Å². The second-order valence-electron chi connectivity index (χ2n) is 15.9. The maximum atomic E-state index is 13.3. The zero-order valence-electron chi connectivity index (χ0n) is 36.3. The molecule has 2 amide bonds. The number of para-hydroxylation sites is 1. The van der Waals surface area contributed by atoms with E-state index >= 15 is 0 Å². The normalized spacial score (nSPS) is 11.7. The quantitative estimate of drug-likeness (QED) is 0.0622. The average Bonchev–Trinajstić information content (AvgIpc) is 3.12. The smallest absolute Gasteiger partial charge is 0.317 e. The van der Waals surface area contributed by atoms with Gasteiger partial charge in [-0.05, 0) is 61.7 Å². The largest absolute Gasteiger partial charge is 0.333 e. The van der Waals surface area contributed by atoms with E-state index < -0.39 is 16.2 Å². The monoisotopic (exact) mass is 765 g/mol. The predicted octanol–water partition coefficient (Wildman–Crippen LogP) is 13.6. The van der Waals surface area contributed by atoms with Gasteiger partial charge in [-0.3, -0.25) is 0 Å². The number of nitrogens with zero attached hydrogens (tertiary/aromatic N) is 1. The highest BCUT2D eigenvalue weighted by Crippen LogP contribution is 2.32. The van der Waals surface area contributed by atoms with Gasteiger partial charge in [0.15, 0.2) is 0 Å². The first kappa shape index (κ1) is 51.4. The van der Waals surface area contributed by atoms with E-state index in [0.29, 0.717) is 18.8 Å². The third-order valence-electron chi connectivity index (χ3n) is 10.1. The number of anilines is 1. The number of rotatable bonds is 33. The highest BCUT2D eigenvalue weighted by atomic mass is 32.2. The van der Waals surface area contributed by atoms with Gasteiger partial charge in [0.05, 0.1) is 0 Å². The summed E-state index contributed by atoms with van der Waals surface area (Å²) in [6.45, 7) is 20.6. The molecule has 0 unspecified atom stereocenters. The first-order chi connectivity index (χ1) is 25.5. The summed E-state index contributed by atoms with van der Waals surface area (Å²) in [5.74, 6) is 0.403. The predicted molar refractivity (Wildman–Crippen MR) is 234 cm³/mol. The van der Waals surface area contributed by atoms with Crippen LogP contribution in [-0.4, -0.2) is 44.9 Å². The number of nitrogens with one attached hydrogen (secondary N) is 3. The summed E-state index contributed by atoms with van der Waals surface area (Å²) in [6.07, 6.45) is 30.0. The van der Waals surface area contributed by atoms with Crippen LogP contribution in [0.25, 0.3) is 0 Å². The Morgan fingerprint density at radius 3 is 1.25 bits per heavy atom. The van der Waals surface area contributed by atoms with Crippen molar-refractivity contribution in [3.63, 3.8) is 0 Å². The Morgan fingerprint density at radius 2 is 0.887 bits per heavy atom. The molecule has 0 radical (unpaired) electrons. The van der Waals surface area contributed by atoms with Crippen molar-refractivity contribution in [3.05, 3.63) is 29.3 Å². The Bertz CT molecular complexity index is 1040. The van der Waals surface area contributed by atoms with Crippen molar-refractivity contribution in [1.82, 2.24) is 14.3 Å². The van der Waals surface area contributed by atoms with Gasteiger partial charge in [-0.15, -0.1) is 0 Å². The Morgan fingerprint density at radius 1 is 0.547 bits per heavy atom. The van der Waals surface area contributed by atoms with Crippen LogP contribution in [-0.2, 0) is 10.2 Å². The van der Waals surface area contributed by atoms with Crippen LogP contribution < -0.4 is 15.4 Å². The van der Waals surface area contributed by atoms with Crippen LogP contribution in [0.2, 0.25) is 0 Å². The van der Waals surface area contributed by atoms with Crippen molar-refractivity contribution in [3.8, 4) is 0 Å². The summed E-state index contributed by atoms with van der Waals surface area (Å²) in [5, 5.41) is 6.44.